The van der Waals surface area contributed by atoms with Crippen molar-refractivity contribution in [1.29, 1.82) is 0 Å². The molecule has 3 rings (SSSR count). The summed E-state index contributed by atoms with van der Waals surface area (Å²) in [5.41, 5.74) is 7.87. The third kappa shape index (κ3) is 2.40. The van der Waals surface area contributed by atoms with E-state index in [-0.39, 0.29) is 0 Å². The van der Waals surface area contributed by atoms with E-state index in [1.54, 1.807) is 0 Å². The second-order valence-corrected chi connectivity index (χ2v) is 5.44. The van der Waals surface area contributed by atoms with E-state index in [0.717, 1.165) is 35.4 Å². The van der Waals surface area contributed by atoms with Crippen molar-refractivity contribution in [1.82, 2.24) is 4.98 Å². The summed E-state index contributed by atoms with van der Waals surface area (Å²) in [6.45, 7) is 2.65. The van der Waals surface area contributed by atoms with E-state index < -0.39 is 0 Å². The van der Waals surface area contributed by atoms with E-state index in [1.165, 1.54) is 19.3 Å². The van der Waals surface area contributed by atoms with Gasteiger partial charge < -0.3 is 10.6 Å². The van der Waals surface area contributed by atoms with Crippen LogP contribution in [0.1, 0.15) is 24.8 Å². The fourth-order valence-corrected chi connectivity index (χ4v) is 2.95. The van der Waals surface area contributed by atoms with Crippen molar-refractivity contribution in [2.24, 2.45) is 5.73 Å². The van der Waals surface area contributed by atoms with Crippen LogP contribution in [0.15, 0.2) is 24.3 Å². The summed E-state index contributed by atoms with van der Waals surface area (Å²) in [4.78, 5) is 7.12. The monoisotopic (exact) mass is 275 g/mol. The standard InChI is InChI=1S/C15H18ClN3/c16-13-6-4-5-11-9-12(10-17)15(18-14(11)13)19-7-2-1-3-8-19/h4-6,9H,1-3,7-8,10,17H2. The van der Waals surface area contributed by atoms with E-state index in [1.807, 2.05) is 18.2 Å². The number of pyridine rings is 1. The van der Waals surface area contributed by atoms with Crippen LogP contribution in [0.25, 0.3) is 10.9 Å². The van der Waals surface area contributed by atoms with Gasteiger partial charge in [-0.3, -0.25) is 0 Å². The normalized spacial score (nSPS) is 16.0. The van der Waals surface area contributed by atoms with Crippen molar-refractivity contribution in [3.05, 3.63) is 34.9 Å². The lowest BCUT2D eigenvalue weighted by Gasteiger charge is -2.29. The van der Waals surface area contributed by atoms with Crippen LogP contribution in [0.2, 0.25) is 5.02 Å². The molecule has 1 aromatic carbocycles. The first-order chi connectivity index (χ1) is 9.29. The highest BCUT2D eigenvalue weighted by molar-refractivity contribution is 6.35. The summed E-state index contributed by atoms with van der Waals surface area (Å²) in [6.07, 6.45) is 3.77. The molecule has 19 heavy (non-hydrogen) atoms. The summed E-state index contributed by atoms with van der Waals surface area (Å²) in [5, 5.41) is 1.77. The van der Waals surface area contributed by atoms with Crippen molar-refractivity contribution >= 4 is 28.3 Å². The first-order valence-electron chi connectivity index (χ1n) is 6.83. The number of para-hydroxylation sites is 1. The molecule has 1 aromatic heterocycles. The summed E-state index contributed by atoms with van der Waals surface area (Å²) in [5.74, 6) is 1.02. The Labute approximate surface area is 118 Å². The third-order valence-corrected chi connectivity index (χ3v) is 4.03. The molecule has 0 bridgehead atoms. The molecular formula is C15H18ClN3. The van der Waals surface area contributed by atoms with E-state index in [4.69, 9.17) is 22.3 Å². The van der Waals surface area contributed by atoms with Crippen molar-refractivity contribution in [2.45, 2.75) is 25.8 Å². The second-order valence-electron chi connectivity index (χ2n) is 5.03. The molecule has 1 aliphatic heterocycles. The van der Waals surface area contributed by atoms with Gasteiger partial charge in [0.25, 0.3) is 0 Å². The van der Waals surface area contributed by atoms with Gasteiger partial charge in [0.2, 0.25) is 0 Å². The summed E-state index contributed by atoms with van der Waals surface area (Å²) in [6, 6.07) is 8.00. The lowest BCUT2D eigenvalue weighted by molar-refractivity contribution is 0.572. The molecule has 1 aliphatic rings. The van der Waals surface area contributed by atoms with Gasteiger partial charge in [-0.15, -0.1) is 0 Å². The minimum atomic E-state index is 0.515. The van der Waals surface area contributed by atoms with Gasteiger partial charge in [-0.1, -0.05) is 23.7 Å². The summed E-state index contributed by atoms with van der Waals surface area (Å²) >= 11 is 6.25. The predicted molar refractivity (Wildman–Crippen MR) is 80.7 cm³/mol. The molecule has 3 nitrogen and oxygen atoms in total. The van der Waals surface area contributed by atoms with Gasteiger partial charge in [0, 0.05) is 30.6 Å². The maximum Gasteiger partial charge on any atom is 0.133 e. The molecule has 0 unspecified atom stereocenters. The Balaban J connectivity index is 2.13. The van der Waals surface area contributed by atoms with Gasteiger partial charge in [0.1, 0.15) is 5.82 Å². The van der Waals surface area contributed by atoms with Crippen molar-refractivity contribution in [3.63, 3.8) is 0 Å². The van der Waals surface area contributed by atoms with Crippen molar-refractivity contribution in [3.8, 4) is 0 Å². The molecule has 4 heteroatoms. The number of nitrogens with two attached hydrogens (primary N) is 1. The average molecular weight is 276 g/mol. The molecule has 1 fully saturated rings. The molecular weight excluding hydrogens is 258 g/mol. The highest BCUT2D eigenvalue weighted by atomic mass is 35.5. The molecule has 0 amide bonds. The molecule has 0 aliphatic carbocycles. The zero-order valence-corrected chi connectivity index (χ0v) is 11.7. The van der Waals surface area contributed by atoms with E-state index in [9.17, 15) is 0 Å². The number of fused-ring (bicyclic) bond motifs is 1. The van der Waals surface area contributed by atoms with Crippen LogP contribution in [0.4, 0.5) is 5.82 Å². The van der Waals surface area contributed by atoms with Crippen molar-refractivity contribution < 1.29 is 0 Å². The fourth-order valence-electron chi connectivity index (χ4n) is 2.73. The Morgan fingerprint density at radius 3 is 2.74 bits per heavy atom. The topological polar surface area (TPSA) is 42.1 Å². The van der Waals surface area contributed by atoms with Gasteiger partial charge in [-0.2, -0.15) is 0 Å². The number of rotatable bonds is 2. The van der Waals surface area contributed by atoms with Crippen LogP contribution >= 0.6 is 11.6 Å². The maximum absolute atomic E-state index is 6.25. The Hall–Kier alpha value is -1.32. The molecule has 0 atom stereocenters. The van der Waals surface area contributed by atoms with Gasteiger partial charge in [-0.05, 0) is 31.4 Å². The summed E-state index contributed by atoms with van der Waals surface area (Å²) in [7, 11) is 0. The Morgan fingerprint density at radius 1 is 1.21 bits per heavy atom. The van der Waals surface area contributed by atoms with Gasteiger partial charge in [-0.25, -0.2) is 4.98 Å². The smallest absolute Gasteiger partial charge is 0.133 e. The lowest BCUT2D eigenvalue weighted by Crippen LogP contribution is -2.31. The third-order valence-electron chi connectivity index (χ3n) is 3.73. The quantitative estimate of drug-likeness (QED) is 0.914. The molecule has 100 valence electrons. The first kappa shape index (κ1) is 12.7. The zero-order valence-electron chi connectivity index (χ0n) is 10.9. The van der Waals surface area contributed by atoms with Crippen LogP contribution in [-0.4, -0.2) is 18.1 Å². The number of aromatic nitrogens is 1. The molecule has 0 spiro atoms. The molecule has 2 aromatic rings. The van der Waals surface area contributed by atoms with Crippen molar-refractivity contribution in [2.75, 3.05) is 18.0 Å². The number of hydrogen-bond donors (Lipinski definition) is 1. The first-order valence-corrected chi connectivity index (χ1v) is 7.20. The van der Waals surface area contributed by atoms with E-state index in [2.05, 4.69) is 11.0 Å². The average Bonchev–Trinajstić information content (AvgIpc) is 2.47. The van der Waals surface area contributed by atoms with E-state index in [0.29, 0.717) is 11.6 Å². The Kier molecular flexibility index (Phi) is 3.58. The number of halogens is 1. The van der Waals surface area contributed by atoms with Gasteiger partial charge >= 0.3 is 0 Å². The van der Waals surface area contributed by atoms with Gasteiger partial charge in [0.05, 0.1) is 10.5 Å². The second kappa shape index (κ2) is 5.35. The number of piperidine rings is 1. The molecule has 2 N–H and O–H groups in total. The molecule has 0 saturated carbocycles. The Morgan fingerprint density at radius 2 is 2.00 bits per heavy atom. The van der Waals surface area contributed by atoms with Crippen LogP contribution < -0.4 is 10.6 Å². The van der Waals surface area contributed by atoms with E-state index >= 15 is 0 Å². The number of nitrogens with zero attached hydrogens (tertiary/aromatic N) is 2. The van der Waals surface area contributed by atoms with Crippen LogP contribution in [0, 0.1) is 0 Å². The highest BCUT2D eigenvalue weighted by Crippen LogP contribution is 2.29. The minimum absolute atomic E-state index is 0.515. The number of hydrogen-bond acceptors (Lipinski definition) is 3. The minimum Gasteiger partial charge on any atom is -0.356 e. The molecule has 1 saturated heterocycles. The van der Waals surface area contributed by atoms with Crippen LogP contribution in [-0.2, 0) is 6.54 Å². The maximum atomic E-state index is 6.25. The van der Waals surface area contributed by atoms with Crippen LogP contribution in [0.3, 0.4) is 0 Å². The summed E-state index contributed by atoms with van der Waals surface area (Å²) < 4.78 is 0. The van der Waals surface area contributed by atoms with Gasteiger partial charge in [0.15, 0.2) is 0 Å². The SMILES string of the molecule is NCc1cc2cccc(Cl)c2nc1N1CCCCC1. The number of benzene rings is 1. The zero-order chi connectivity index (χ0) is 13.2. The molecule has 2 heterocycles. The largest absolute Gasteiger partial charge is 0.356 e. The van der Waals surface area contributed by atoms with Crippen LogP contribution in [0.5, 0.6) is 0 Å². The predicted octanol–water partition coefficient (Wildman–Crippen LogP) is 3.34. The fraction of sp³-hybridized carbons (Fsp3) is 0.400. The lowest BCUT2D eigenvalue weighted by atomic mass is 10.1. The number of anilines is 1. The Bertz CT molecular complexity index is 591. The highest BCUT2D eigenvalue weighted by Gasteiger charge is 2.16. The molecule has 0 radical (unpaired) electrons.